The lowest BCUT2D eigenvalue weighted by atomic mass is 9.99. The van der Waals surface area contributed by atoms with Crippen LogP contribution in [0.2, 0.25) is 0 Å². The number of hydrogen-bond acceptors (Lipinski definition) is 12. The molecule has 8 amide bonds. The summed E-state index contributed by atoms with van der Waals surface area (Å²) in [7, 11) is 0. The fraction of sp³-hybridized carbons (Fsp3) is 0.562. The number of likely N-dealkylation sites (tertiary alicyclic amines) is 3. The molecule has 1 aromatic carbocycles. The predicted octanol–water partition coefficient (Wildman–Crippen LogP) is -1.09. The molecule has 3 saturated heterocycles. The maximum atomic E-state index is 14.4. The Balaban J connectivity index is 1.10. The highest BCUT2D eigenvalue weighted by Gasteiger charge is 2.45. The Morgan fingerprint density at radius 3 is 1.77 bits per heavy atom. The van der Waals surface area contributed by atoms with Crippen LogP contribution in [-0.4, -0.2) is 167 Å². The van der Waals surface area contributed by atoms with Gasteiger partial charge in [-0.1, -0.05) is 58.0 Å². The summed E-state index contributed by atoms with van der Waals surface area (Å²) < 4.78 is 0. The van der Waals surface area contributed by atoms with E-state index >= 15 is 0 Å². The van der Waals surface area contributed by atoms with Crippen LogP contribution in [-0.2, 0) is 62.4 Å². The summed E-state index contributed by atoms with van der Waals surface area (Å²) in [6, 6.07) is 0.411. The highest BCUT2D eigenvalue weighted by molar-refractivity contribution is 5.98. The third-order valence-electron chi connectivity index (χ3n) is 13.3. The van der Waals surface area contributed by atoms with Crippen LogP contribution in [0.1, 0.15) is 83.2 Å². The van der Waals surface area contributed by atoms with E-state index in [9.17, 15) is 48.3 Å². The van der Waals surface area contributed by atoms with Gasteiger partial charge in [0.2, 0.25) is 47.3 Å². The molecule has 0 radical (unpaired) electrons. The second kappa shape index (κ2) is 24.6. The lowest BCUT2D eigenvalue weighted by Gasteiger charge is -2.34. The van der Waals surface area contributed by atoms with Crippen molar-refractivity contribution >= 4 is 53.2 Å². The number of carboxylic acids is 1. The molecule has 71 heavy (non-hydrogen) atoms. The van der Waals surface area contributed by atoms with E-state index in [4.69, 9.17) is 5.73 Å². The Bertz CT molecular complexity index is 2350. The van der Waals surface area contributed by atoms with Crippen LogP contribution in [0, 0.1) is 11.8 Å². The van der Waals surface area contributed by atoms with Gasteiger partial charge in [0.05, 0.1) is 25.2 Å². The molecule has 3 aromatic rings. The minimum absolute atomic E-state index is 0.0217. The summed E-state index contributed by atoms with van der Waals surface area (Å²) in [5.41, 5.74) is 7.71. The molecule has 23 nitrogen and oxygen atoms in total. The largest absolute Gasteiger partial charge is 0.480 e. The van der Waals surface area contributed by atoms with E-state index in [2.05, 4.69) is 46.5 Å². The number of aliphatic carboxylic acids is 1. The van der Waals surface area contributed by atoms with Gasteiger partial charge in [-0.2, -0.15) is 0 Å². The molecule has 0 saturated carbocycles. The fourth-order valence-corrected chi connectivity index (χ4v) is 9.29. The number of carbonyl (C=O) groups excluding carboxylic acids is 8. The molecule has 0 aliphatic carbocycles. The third kappa shape index (κ3) is 13.8. The first kappa shape index (κ1) is 53.2. The Morgan fingerprint density at radius 2 is 1.21 bits per heavy atom. The highest BCUT2D eigenvalue weighted by atomic mass is 16.4. The molecule has 0 unspecified atom stereocenters. The summed E-state index contributed by atoms with van der Waals surface area (Å²) >= 11 is 0. The van der Waals surface area contributed by atoms with Crippen molar-refractivity contribution in [2.75, 3.05) is 26.2 Å². The van der Waals surface area contributed by atoms with E-state index in [1.54, 1.807) is 58.0 Å². The average molecular weight is 986 g/mol. The summed E-state index contributed by atoms with van der Waals surface area (Å²) in [4.78, 5) is 141. The zero-order valence-corrected chi connectivity index (χ0v) is 40.6. The summed E-state index contributed by atoms with van der Waals surface area (Å²) in [6.45, 7) is 7.32. The lowest BCUT2D eigenvalue weighted by molar-refractivity contribution is -0.148. The van der Waals surface area contributed by atoms with Gasteiger partial charge in [-0.3, -0.25) is 38.4 Å². The highest BCUT2D eigenvalue weighted by Crippen LogP contribution is 2.27. The van der Waals surface area contributed by atoms with Crippen LogP contribution in [0.5, 0.6) is 0 Å². The van der Waals surface area contributed by atoms with Gasteiger partial charge in [-0.05, 0) is 55.9 Å². The second-order valence-corrected chi connectivity index (χ2v) is 19.1. The van der Waals surface area contributed by atoms with Crippen LogP contribution in [0.4, 0.5) is 0 Å². The number of hydrogen-bond donors (Lipinski definition) is 9. The molecule has 8 atom stereocenters. The van der Waals surface area contributed by atoms with Crippen molar-refractivity contribution in [3.8, 4) is 0 Å². The number of amides is 8. The van der Waals surface area contributed by atoms with E-state index in [1.807, 2.05) is 0 Å². The smallest absolute Gasteiger partial charge is 0.326 e. The number of carbonyl (C=O) groups is 9. The van der Waals surface area contributed by atoms with Gasteiger partial charge in [0.25, 0.3) is 0 Å². The molecular weight excluding hydrogens is 919 g/mol. The van der Waals surface area contributed by atoms with Crippen molar-refractivity contribution in [2.24, 2.45) is 17.6 Å². The molecule has 0 spiro atoms. The lowest BCUT2D eigenvalue weighted by Crippen LogP contribution is -2.59. The number of nitrogens with zero attached hydrogens (tertiary/aromatic N) is 5. The number of aromatic amines is 2. The zero-order chi connectivity index (χ0) is 51.4. The summed E-state index contributed by atoms with van der Waals surface area (Å²) in [5, 5.41) is 23.4. The van der Waals surface area contributed by atoms with Crippen LogP contribution >= 0.6 is 0 Å². The third-order valence-corrected chi connectivity index (χ3v) is 13.3. The van der Waals surface area contributed by atoms with Gasteiger partial charge in [-0.25, -0.2) is 14.8 Å². The van der Waals surface area contributed by atoms with Gasteiger partial charge in [0, 0.05) is 62.7 Å². The van der Waals surface area contributed by atoms with Crippen molar-refractivity contribution in [1.82, 2.24) is 61.2 Å². The minimum Gasteiger partial charge on any atom is -0.480 e. The van der Waals surface area contributed by atoms with Crippen molar-refractivity contribution in [2.45, 2.75) is 134 Å². The Morgan fingerprint density at radius 1 is 0.648 bits per heavy atom. The van der Waals surface area contributed by atoms with Crippen LogP contribution < -0.4 is 32.3 Å². The fourth-order valence-electron chi connectivity index (χ4n) is 9.29. The van der Waals surface area contributed by atoms with Gasteiger partial charge in [-0.15, -0.1) is 0 Å². The van der Waals surface area contributed by atoms with Gasteiger partial charge < -0.3 is 62.1 Å². The summed E-state index contributed by atoms with van der Waals surface area (Å²) in [5.74, 6) is -6.36. The van der Waals surface area contributed by atoms with E-state index in [0.717, 1.165) is 0 Å². The molecule has 384 valence electrons. The number of carboxylic acid groups (broad SMARTS) is 1. The Hall–Kier alpha value is -7.17. The Kier molecular flexibility index (Phi) is 18.4. The molecule has 0 bridgehead atoms. The van der Waals surface area contributed by atoms with Gasteiger partial charge >= 0.3 is 5.97 Å². The predicted molar refractivity (Wildman–Crippen MR) is 255 cm³/mol. The molecule has 5 heterocycles. The minimum atomic E-state index is -1.31. The van der Waals surface area contributed by atoms with Crippen molar-refractivity contribution < 1.29 is 48.3 Å². The topological polar surface area (TPSA) is 327 Å². The number of H-pyrrole nitrogens is 2. The molecule has 6 rings (SSSR count). The average Bonchev–Trinajstić information content (AvgIpc) is 4.22. The SMILES string of the molecule is CC(C)[C@H](N)C(=O)N[C@H](C(=O)N1CCC[C@H]1C(=O)N1CCC[C@H]1C(=O)NCC(=O)N[C@@H](Cc1cnc[nH]1)C(=O)N[C@@H](Cc1cnc[nH]1)C(=O)N1CCC[C@H]1C(=O)N[C@@H](Cc1ccccc1)C(=O)O)C(C)C. The van der Waals surface area contributed by atoms with E-state index in [0.29, 0.717) is 55.6 Å². The zero-order valence-electron chi connectivity index (χ0n) is 40.6. The van der Waals surface area contributed by atoms with Gasteiger partial charge in [0.1, 0.15) is 42.3 Å². The Labute approximate surface area is 411 Å². The number of rotatable bonds is 22. The molecule has 3 fully saturated rings. The normalized spacial score (nSPS) is 19.9. The molecule has 3 aliphatic rings. The summed E-state index contributed by atoms with van der Waals surface area (Å²) in [6.07, 6.45) is 7.99. The van der Waals surface area contributed by atoms with E-state index < -0.39 is 108 Å². The number of nitrogens with one attached hydrogen (secondary N) is 7. The van der Waals surface area contributed by atoms with Gasteiger partial charge in [0.15, 0.2) is 0 Å². The van der Waals surface area contributed by atoms with E-state index in [-0.39, 0.29) is 50.6 Å². The first-order valence-corrected chi connectivity index (χ1v) is 24.3. The molecule has 23 heteroatoms. The number of nitrogens with two attached hydrogens (primary N) is 1. The number of aromatic nitrogens is 4. The van der Waals surface area contributed by atoms with Crippen LogP contribution in [0.25, 0.3) is 0 Å². The molecule has 10 N–H and O–H groups in total. The van der Waals surface area contributed by atoms with Crippen LogP contribution in [0.3, 0.4) is 0 Å². The standard InChI is InChI=1S/C48H67N13O10/c1-27(2)39(49)44(66)58-40(28(3)4)47(69)61-18-10-15-37(61)46(68)60-17-8-13-35(60)42(64)52-24-38(62)55-32(20-30-22-50-25-53-30)41(63)56-33(21-31-23-51-26-54-31)45(67)59-16-9-14-36(59)43(65)57-34(48(70)71)19-29-11-6-5-7-12-29/h5-7,11-12,22-23,25-28,32-37,39-40H,8-10,13-21,24,49H2,1-4H3,(H,50,53)(H,51,54)(H,52,64)(H,55,62)(H,56,63)(H,57,65)(H,58,66)(H,70,71)/t32-,33-,34-,35-,36-,37-,39-,40-/m0/s1. The maximum absolute atomic E-state index is 14.4. The maximum Gasteiger partial charge on any atom is 0.326 e. The van der Waals surface area contributed by atoms with Crippen molar-refractivity contribution in [3.05, 3.63) is 72.3 Å². The molecule has 3 aliphatic heterocycles. The van der Waals surface area contributed by atoms with Crippen molar-refractivity contribution in [1.29, 1.82) is 0 Å². The second-order valence-electron chi connectivity index (χ2n) is 19.1. The molecular formula is C48H67N13O10. The molecule has 2 aromatic heterocycles. The first-order chi connectivity index (χ1) is 33.9. The van der Waals surface area contributed by atoms with Crippen molar-refractivity contribution in [3.63, 3.8) is 0 Å². The number of imidazole rings is 2. The monoisotopic (exact) mass is 986 g/mol. The quantitative estimate of drug-likeness (QED) is 0.0579. The number of benzene rings is 1. The van der Waals surface area contributed by atoms with Crippen LogP contribution in [0.15, 0.2) is 55.4 Å². The first-order valence-electron chi connectivity index (χ1n) is 24.3. The van der Waals surface area contributed by atoms with E-state index in [1.165, 1.54) is 39.7 Å².